The van der Waals surface area contributed by atoms with Gasteiger partial charge in [-0.1, -0.05) is 18.2 Å². The highest BCUT2D eigenvalue weighted by atomic mass is 32.2. The van der Waals surface area contributed by atoms with E-state index in [-0.39, 0.29) is 22.2 Å². The van der Waals surface area contributed by atoms with Crippen molar-refractivity contribution in [2.45, 2.75) is 11.3 Å². The van der Waals surface area contributed by atoms with Crippen molar-refractivity contribution >= 4 is 21.7 Å². The Morgan fingerprint density at radius 1 is 1.00 bits per heavy atom. The summed E-state index contributed by atoms with van der Waals surface area (Å²) in [7, 11) is -2.67. The number of carbonyl (C=O) groups excluding carboxylic acids is 1. The SMILES string of the molecule is COc1ccc(CCNC(=O)c2ccc(OS(=O)(=O)c3cccc([N+](=O)[O-])c3)cc2)cc1. The van der Waals surface area contributed by atoms with Gasteiger partial charge in [0.1, 0.15) is 16.4 Å². The highest BCUT2D eigenvalue weighted by Gasteiger charge is 2.20. The number of hydrogen-bond donors (Lipinski definition) is 1. The summed E-state index contributed by atoms with van der Waals surface area (Å²) in [6.07, 6.45) is 0.637. The van der Waals surface area contributed by atoms with Crippen molar-refractivity contribution in [3.8, 4) is 11.5 Å². The average Bonchev–Trinajstić information content (AvgIpc) is 2.79. The number of carbonyl (C=O) groups is 1. The molecule has 3 aromatic rings. The molecule has 0 aromatic heterocycles. The summed E-state index contributed by atoms with van der Waals surface area (Å²) in [5, 5.41) is 13.6. The standard InChI is InChI=1S/C22H20N2O7S/c1-30-19-9-5-16(6-10-19)13-14-23-22(25)17-7-11-20(12-8-17)31-32(28,29)21-4-2-3-18(15-21)24(26)27/h2-12,15H,13-14H2,1H3,(H,23,25). The summed E-state index contributed by atoms with van der Waals surface area (Å²) < 4.78 is 34.9. The lowest BCUT2D eigenvalue weighted by molar-refractivity contribution is -0.385. The zero-order chi connectivity index (χ0) is 23.1. The number of amides is 1. The van der Waals surface area contributed by atoms with E-state index >= 15 is 0 Å². The fourth-order valence-electron chi connectivity index (χ4n) is 2.80. The lowest BCUT2D eigenvalue weighted by atomic mass is 10.1. The van der Waals surface area contributed by atoms with Crippen LogP contribution in [0.1, 0.15) is 15.9 Å². The van der Waals surface area contributed by atoms with Gasteiger partial charge in [0, 0.05) is 24.2 Å². The van der Waals surface area contributed by atoms with Crippen molar-refractivity contribution in [3.05, 3.63) is 94.0 Å². The zero-order valence-electron chi connectivity index (χ0n) is 17.1. The molecule has 0 radical (unpaired) electrons. The highest BCUT2D eigenvalue weighted by Crippen LogP contribution is 2.22. The second-order valence-electron chi connectivity index (χ2n) is 6.67. The van der Waals surface area contributed by atoms with Crippen LogP contribution in [0.15, 0.2) is 77.7 Å². The van der Waals surface area contributed by atoms with Gasteiger partial charge in [-0.2, -0.15) is 8.42 Å². The van der Waals surface area contributed by atoms with E-state index < -0.39 is 15.0 Å². The van der Waals surface area contributed by atoms with Crippen LogP contribution in [0.2, 0.25) is 0 Å². The number of nitrogens with one attached hydrogen (secondary N) is 1. The van der Waals surface area contributed by atoms with Crippen LogP contribution in [-0.2, 0) is 16.5 Å². The zero-order valence-corrected chi connectivity index (χ0v) is 17.9. The van der Waals surface area contributed by atoms with E-state index in [1.807, 2.05) is 24.3 Å². The van der Waals surface area contributed by atoms with Crippen LogP contribution in [0.3, 0.4) is 0 Å². The van der Waals surface area contributed by atoms with Gasteiger partial charge in [-0.05, 0) is 54.4 Å². The molecule has 0 bridgehead atoms. The molecule has 9 nitrogen and oxygen atoms in total. The summed E-state index contributed by atoms with van der Waals surface area (Å²) >= 11 is 0. The fraction of sp³-hybridized carbons (Fsp3) is 0.136. The highest BCUT2D eigenvalue weighted by molar-refractivity contribution is 7.87. The average molecular weight is 456 g/mol. The molecule has 3 aromatic carbocycles. The molecule has 0 aliphatic carbocycles. The van der Waals surface area contributed by atoms with Gasteiger partial charge >= 0.3 is 10.1 Å². The van der Waals surface area contributed by atoms with Crippen LogP contribution in [0.5, 0.6) is 11.5 Å². The van der Waals surface area contributed by atoms with Gasteiger partial charge in [-0.3, -0.25) is 14.9 Å². The van der Waals surface area contributed by atoms with Gasteiger partial charge in [0.2, 0.25) is 0 Å². The maximum Gasteiger partial charge on any atom is 0.339 e. The molecule has 0 atom stereocenters. The van der Waals surface area contributed by atoms with Crippen molar-refractivity contribution in [3.63, 3.8) is 0 Å². The maximum absolute atomic E-state index is 12.4. The number of rotatable bonds is 9. The number of ether oxygens (including phenoxy) is 1. The summed E-state index contributed by atoms with van der Waals surface area (Å²) in [5.74, 6) is 0.422. The molecule has 0 saturated carbocycles. The molecule has 0 saturated heterocycles. The Bertz CT molecular complexity index is 1210. The van der Waals surface area contributed by atoms with Crippen LogP contribution in [0, 0.1) is 10.1 Å². The van der Waals surface area contributed by atoms with E-state index in [0.717, 1.165) is 17.4 Å². The van der Waals surface area contributed by atoms with Crippen LogP contribution in [-0.4, -0.2) is 32.9 Å². The number of nitro groups is 1. The fourth-order valence-corrected chi connectivity index (χ4v) is 3.77. The van der Waals surface area contributed by atoms with Crippen LogP contribution >= 0.6 is 0 Å². The van der Waals surface area contributed by atoms with E-state index in [1.165, 1.54) is 42.5 Å². The first kappa shape index (κ1) is 22.8. The molecule has 32 heavy (non-hydrogen) atoms. The van der Waals surface area contributed by atoms with E-state index in [4.69, 9.17) is 8.92 Å². The molecule has 0 unspecified atom stereocenters. The minimum atomic E-state index is -4.27. The Balaban J connectivity index is 1.58. The monoisotopic (exact) mass is 456 g/mol. The smallest absolute Gasteiger partial charge is 0.339 e. The summed E-state index contributed by atoms with van der Waals surface area (Å²) in [6, 6.07) is 17.6. The normalized spacial score (nSPS) is 10.9. The molecule has 0 spiro atoms. The van der Waals surface area contributed by atoms with Gasteiger partial charge in [-0.15, -0.1) is 0 Å². The van der Waals surface area contributed by atoms with Crippen LogP contribution in [0.25, 0.3) is 0 Å². The van der Waals surface area contributed by atoms with Crippen molar-refractivity contribution in [1.82, 2.24) is 5.32 Å². The number of nitro benzene ring substituents is 1. The lowest BCUT2D eigenvalue weighted by Crippen LogP contribution is -2.25. The number of non-ortho nitro benzene ring substituents is 1. The topological polar surface area (TPSA) is 125 Å². The predicted molar refractivity (Wildman–Crippen MR) is 116 cm³/mol. The van der Waals surface area contributed by atoms with Crippen molar-refractivity contribution in [2.24, 2.45) is 0 Å². The third kappa shape index (κ3) is 5.82. The molecule has 0 aliphatic rings. The third-order valence-corrected chi connectivity index (χ3v) is 5.74. The van der Waals surface area contributed by atoms with Gasteiger partial charge < -0.3 is 14.2 Å². The largest absolute Gasteiger partial charge is 0.497 e. The lowest BCUT2D eigenvalue weighted by Gasteiger charge is -2.09. The van der Waals surface area contributed by atoms with Crippen molar-refractivity contribution in [2.75, 3.05) is 13.7 Å². The predicted octanol–water partition coefficient (Wildman–Crippen LogP) is 3.34. The van der Waals surface area contributed by atoms with E-state index in [2.05, 4.69) is 5.32 Å². The van der Waals surface area contributed by atoms with Crippen molar-refractivity contribution < 1.29 is 27.1 Å². The molecule has 166 valence electrons. The molecule has 0 heterocycles. The Morgan fingerprint density at radius 2 is 1.66 bits per heavy atom. The first-order valence-electron chi connectivity index (χ1n) is 9.48. The van der Waals surface area contributed by atoms with E-state index in [9.17, 15) is 23.3 Å². The van der Waals surface area contributed by atoms with Gasteiger partial charge in [-0.25, -0.2) is 0 Å². The van der Waals surface area contributed by atoms with E-state index in [0.29, 0.717) is 18.5 Å². The quantitative estimate of drug-likeness (QED) is 0.297. The number of benzene rings is 3. The Kier molecular flexibility index (Phi) is 7.06. The van der Waals surface area contributed by atoms with Crippen LogP contribution in [0.4, 0.5) is 5.69 Å². The summed E-state index contributed by atoms with van der Waals surface area (Å²) in [5.41, 5.74) is 1.01. The molecular weight excluding hydrogens is 436 g/mol. The number of methoxy groups -OCH3 is 1. The van der Waals surface area contributed by atoms with Gasteiger partial charge in [0.15, 0.2) is 0 Å². The van der Waals surface area contributed by atoms with Crippen molar-refractivity contribution in [1.29, 1.82) is 0 Å². The first-order valence-corrected chi connectivity index (χ1v) is 10.9. The van der Waals surface area contributed by atoms with Gasteiger partial charge in [0.05, 0.1) is 12.0 Å². The number of nitrogens with zero attached hydrogens (tertiary/aromatic N) is 1. The first-order chi connectivity index (χ1) is 15.3. The minimum absolute atomic E-state index is 0.0220. The second kappa shape index (κ2) is 9.92. The third-order valence-electron chi connectivity index (χ3n) is 4.50. The molecule has 0 aliphatic heterocycles. The number of hydrogen-bond acceptors (Lipinski definition) is 7. The van der Waals surface area contributed by atoms with E-state index in [1.54, 1.807) is 7.11 Å². The Labute approximate surface area is 184 Å². The molecule has 10 heteroatoms. The molecule has 3 rings (SSSR count). The Morgan fingerprint density at radius 3 is 2.28 bits per heavy atom. The second-order valence-corrected chi connectivity index (χ2v) is 8.22. The molecular formula is C22H20N2O7S. The van der Waals surface area contributed by atoms with Gasteiger partial charge in [0.25, 0.3) is 11.6 Å². The Hall–Kier alpha value is -3.92. The van der Waals surface area contributed by atoms with Crippen LogP contribution < -0.4 is 14.2 Å². The maximum atomic E-state index is 12.4. The molecule has 0 fully saturated rings. The molecule has 1 N–H and O–H groups in total. The molecule has 1 amide bonds. The summed E-state index contributed by atoms with van der Waals surface area (Å²) in [6.45, 7) is 0.421. The summed E-state index contributed by atoms with van der Waals surface area (Å²) in [4.78, 5) is 22.1. The minimum Gasteiger partial charge on any atom is -0.497 e.